The van der Waals surface area contributed by atoms with Crippen LogP contribution in [0.25, 0.3) is 0 Å². The molecular weight excluding hydrogens is 356 g/mol. The number of nitrogens with one attached hydrogen (secondary N) is 1. The lowest BCUT2D eigenvalue weighted by Gasteiger charge is -2.18. The van der Waals surface area contributed by atoms with Crippen LogP contribution in [0.2, 0.25) is 0 Å². The monoisotopic (exact) mass is 384 g/mol. The highest BCUT2D eigenvalue weighted by Crippen LogP contribution is 2.26. The lowest BCUT2D eigenvalue weighted by molar-refractivity contribution is -0.130. The van der Waals surface area contributed by atoms with Crippen molar-refractivity contribution in [3.8, 4) is 11.5 Å². The van der Waals surface area contributed by atoms with Crippen LogP contribution in [-0.4, -0.2) is 44.0 Å². The molecule has 0 aromatic heterocycles. The summed E-state index contributed by atoms with van der Waals surface area (Å²) in [5.41, 5.74) is 1.58. The molecule has 2 rings (SSSR count). The van der Waals surface area contributed by atoms with Crippen molar-refractivity contribution in [2.75, 3.05) is 27.3 Å². The summed E-state index contributed by atoms with van der Waals surface area (Å²) < 4.78 is 11.3. The fourth-order valence-corrected chi connectivity index (χ4v) is 2.71. The van der Waals surface area contributed by atoms with Crippen molar-refractivity contribution < 1.29 is 19.1 Å². The van der Waals surface area contributed by atoms with E-state index in [4.69, 9.17) is 9.47 Å². The number of rotatable bonds is 10. The van der Waals surface area contributed by atoms with E-state index in [9.17, 15) is 9.59 Å². The van der Waals surface area contributed by atoms with Gasteiger partial charge in [-0.2, -0.15) is 0 Å². The van der Waals surface area contributed by atoms with Crippen molar-refractivity contribution in [1.82, 2.24) is 10.2 Å². The van der Waals surface area contributed by atoms with Crippen LogP contribution in [0.3, 0.4) is 0 Å². The summed E-state index contributed by atoms with van der Waals surface area (Å²) in [6.07, 6.45) is 1.03. The van der Waals surface area contributed by atoms with Gasteiger partial charge in [0.15, 0.2) is 11.5 Å². The van der Waals surface area contributed by atoms with E-state index < -0.39 is 0 Å². The van der Waals surface area contributed by atoms with Crippen LogP contribution in [0.15, 0.2) is 48.5 Å². The summed E-state index contributed by atoms with van der Waals surface area (Å²) in [6.45, 7) is 3.45. The number of ether oxygens (including phenoxy) is 2. The van der Waals surface area contributed by atoms with Gasteiger partial charge in [-0.15, -0.1) is 0 Å². The minimum Gasteiger partial charge on any atom is -0.490 e. The molecule has 0 unspecified atom stereocenters. The van der Waals surface area contributed by atoms with Crippen LogP contribution < -0.4 is 14.8 Å². The molecule has 6 nitrogen and oxygen atoms in total. The van der Waals surface area contributed by atoms with Gasteiger partial charge in [0.2, 0.25) is 5.91 Å². The zero-order valence-electron chi connectivity index (χ0n) is 16.7. The number of amides is 2. The summed E-state index contributed by atoms with van der Waals surface area (Å²) in [4.78, 5) is 25.6. The van der Waals surface area contributed by atoms with E-state index in [1.165, 1.54) is 0 Å². The number of hydrogen-bond donors (Lipinski definition) is 1. The zero-order chi connectivity index (χ0) is 20.4. The van der Waals surface area contributed by atoms with Gasteiger partial charge in [-0.1, -0.05) is 24.3 Å². The summed E-state index contributed by atoms with van der Waals surface area (Å²) >= 11 is 0. The van der Waals surface area contributed by atoms with E-state index >= 15 is 0 Å². The second kappa shape index (κ2) is 11.0. The van der Waals surface area contributed by atoms with Crippen LogP contribution >= 0.6 is 0 Å². The Kier molecular flexibility index (Phi) is 8.34. The first-order chi connectivity index (χ1) is 13.5. The van der Waals surface area contributed by atoms with Gasteiger partial charge in [-0.25, -0.2) is 0 Å². The van der Waals surface area contributed by atoms with Crippen LogP contribution in [0.4, 0.5) is 0 Å². The van der Waals surface area contributed by atoms with Gasteiger partial charge in [-0.3, -0.25) is 9.59 Å². The van der Waals surface area contributed by atoms with Crippen molar-refractivity contribution >= 4 is 11.8 Å². The largest absolute Gasteiger partial charge is 0.490 e. The normalized spacial score (nSPS) is 10.2. The van der Waals surface area contributed by atoms with Gasteiger partial charge in [-0.05, 0) is 43.2 Å². The SMILES string of the molecule is CCOc1ccccc1OCCCC(=O)N(C)Cc1ccc(C(=O)NC)cc1. The Labute approximate surface area is 166 Å². The second-order valence-electron chi connectivity index (χ2n) is 6.36. The van der Waals surface area contributed by atoms with E-state index in [-0.39, 0.29) is 11.8 Å². The highest BCUT2D eigenvalue weighted by atomic mass is 16.5. The quantitative estimate of drug-likeness (QED) is 0.639. The molecule has 2 aromatic rings. The van der Waals surface area contributed by atoms with Gasteiger partial charge in [0.1, 0.15) is 0 Å². The molecule has 0 fully saturated rings. The third-order valence-corrected chi connectivity index (χ3v) is 4.23. The third kappa shape index (κ3) is 6.30. The van der Waals surface area contributed by atoms with Gasteiger partial charge in [0.25, 0.3) is 5.91 Å². The Morgan fingerprint density at radius 1 is 1.00 bits per heavy atom. The maximum absolute atomic E-state index is 12.3. The van der Waals surface area contributed by atoms with Crippen molar-refractivity contribution in [3.63, 3.8) is 0 Å². The number of carbonyl (C=O) groups excluding carboxylic acids is 2. The van der Waals surface area contributed by atoms with E-state index in [1.54, 1.807) is 31.1 Å². The summed E-state index contributed by atoms with van der Waals surface area (Å²) in [7, 11) is 3.38. The maximum atomic E-state index is 12.3. The zero-order valence-corrected chi connectivity index (χ0v) is 16.7. The maximum Gasteiger partial charge on any atom is 0.251 e. The fraction of sp³-hybridized carbons (Fsp3) is 0.364. The molecule has 0 aliphatic heterocycles. The highest BCUT2D eigenvalue weighted by Gasteiger charge is 2.11. The molecule has 0 aliphatic carbocycles. The van der Waals surface area contributed by atoms with E-state index in [0.29, 0.717) is 49.7 Å². The first-order valence-electron chi connectivity index (χ1n) is 9.44. The standard InChI is InChI=1S/C22H28N2O4/c1-4-27-19-8-5-6-9-20(19)28-15-7-10-21(25)24(3)16-17-11-13-18(14-12-17)22(26)23-2/h5-6,8-9,11-14H,4,7,10,15-16H2,1-3H3,(H,23,26). The summed E-state index contributed by atoms with van der Waals surface area (Å²) in [5.74, 6) is 1.34. The van der Waals surface area contributed by atoms with Crippen LogP contribution in [-0.2, 0) is 11.3 Å². The van der Waals surface area contributed by atoms with Crippen molar-refractivity contribution in [2.24, 2.45) is 0 Å². The lowest BCUT2D eigenvalue weighted by Crippen LogP contribution is -2.26. The van der Waals surface area contributed by atoms with Crippen molar-refractivity contribution in [2.45, 2.75) is 26.3 Å². The molecule has 150 valence electrons. The number of hydrogen-bond acceptors (Lipinski definition) is 4. The average Bonchev–Trinajstić information content (AvgIpc) is 2.72. The molecule has 0 spiro atoms. The predicted octanol–water partition coefficient (Wildman–Crippen LogP) is 3.26. The molecular formula is C22H28N2O4. The first kappa shape index (κ1) is 21.3. The van der Waals surface area contributed by atoms with Gasteiger partial charge in [0.05, 0.1) is 13.2 Å². The summed E-state index contributed by atoms with van der Waals surface area (Å²) in [5, 5.41) is 2.59. The number of nitrogens with zero attached hydrogens (tertiary/aromatic N) is 1. The Morgan fingerprint density at radius 3 is 2.25 bits per heavy atom. The molecule has 0 radical (unpaired) electrons. The molecule has 0 heterocycles. The Morgan fingerprint density at radius 2 is 1.64 bits per heavy atom. The minimum atomic E-state index is -0.123. The van der Waals surface area contributed by atoms with E-state index in [2.05, 4.69) is 5.32 Å². The Hall–Kier alpha value is -3.02. The smallest absolute Gasteiger partial charge is 0.251 e. The van der Waals surface area contributed by atoms with Crippen LogP contribution in [0.5, 0.6) is 11.5 Å². The lowest BCUT2D eigenvalue weighted by atomic mass is 10.1. The third-order valence-electron chi connectivity index (χ3n) is 4.23. The highest BCUT2D eigenvalue weighted by molar-refractivity contribution is 5.93. The fourth-order valence-electron chi connectivity index (χ4n) is 2.71. The molecule has 2 aromatic carbocycles. The Bertz CT molecular complexity index is 774. The van der Waals surface area contributed by atoms with Gasteiger partial charge >= 0.3 is 0 Å². The summed E-state index contributed by atoms with van der Waals surface area (Å²) in [6, 6.07) is 14.8. The number of benzene rings is 2. The van der Waals surface area contributed by atoms with Gasteiger partial charge < -0.3 is 19.7 Å². The molecule has 1 N–H and O–H groups in total. The second-order valence-corrected chi connectivity index (χ2v) is 6.36. The Balaban J connectivity index is 1.76. The van der Waals surface area contributed by atoms with Crippen LogP contribution in [0, 0.1) is 0 Å². The van der Waals surface area contributed by atoms with E-state index in [1.807, 2.05) is 43.3 Å². The molecule has 28 heavy (non-hydrogen) atoms. The number of carbonyl (C=O) groups is 2. The molecule has 6 heteroatoms. The first-order valence-corrected chi connectivity index (χ1v) is 9.44. The molecule has 2 amide bonds. The predicted molar refractivity (Wildman–Crippen MR) is 109 cm³/mol. The van der Waals surface area contributed by atoms with Crippen LogP contribution in [0.1, 0.15) is 35.7 Å². The van der Waals surface area contributed by atoms with Gasteiger partial charge in [0, 0.05) is 32.6 Å². The molecule has 0 atom stereocenters. The van der Waals surface area contributed by atoms with E-state index in [0.717, 1.165) is 5.56 Å². The van der Waals surface area contributed by atoms with Crippen molar-refractivity contribution in [1.29, 1.82) is 0 Å². The topological polar surface area (TPSA) is 67.9 Å². The molecule has 0 bridgehead atoms. The van der Waals surface area contributed by atoms with Crippen molar-refractivity contribution in [3.05, 3.63) is 59.7 Å². The average molecular weight is 384 g/mol. The number of para-hydroxylation sites is 2. The minimum absolute atomic E-state index is 0.0528. The molecule has 0 aliphatic rings. The molecule has 0 saturated carbocycles. The molecule has 0 saturated heterocycles.